The third-order valence-corrected chi connectivity index (χ3v) is 3.17. The fraction of sp³-hybridized carbons (Fsp3) is 0.385. The van der Waals surface area contributed by atoms with Crippen LogP contribution in [0.3, 0.4) is 0 Å². The normalized spacial score (nSPS) is 16.3. The number of halogens is 1. The second kappa shape index (κ2) is 5.61. The molecule has 0 bridgehead atoms. The van der Waals surface area contributed by atoms with E-state index < -0.39 is 5.82 Å². The molecule has 0 amide bonds. The van der Waals surface area contributed by atoms with Crippen LogP contribution in [0.5, 0.6) is 0 Å². The molecule has 1 saturated heterocycles. The van der Waals surface area contributed by atoms with Crippen LogP contribution in [0.25, 0.3) is 0 Å². The monoisotopic (exact) mass is 247 g/mol. The van der Waals surface area contributed by atoms with Crippen molar-refractivity contribution in [3.63, 3.8) is 0 Å². The highest BCUT2D eigenvalue weighted by Gasteiger charge is 2.17. The Morgan fingerprint density at radius 2 is 2.11 bits per heavy atom. The number of likely N-dealkylation sites (tertiary alicyclic amines) is 1. The molecule has 94 valence electrons. The molecule has 0 aliphatic carbocycles. The second-order valence-corrected chi connectivity index (χ2v) is 4.33. The van der Waals surface area contributed by atoms with Crippen LogP contribution in [-0.4, -0.2) is 28.9 Å². The van der Waals surface area contributed by atoms with Gasteiger partial charge in [-0.15, -0.1) is 0 Å². The molecule has 1 aromatic rings. The highest BCUT2D eigenvalue weighted by Crippen LogP contribution is 2.16. The Balaban J connectivity index is 2.05. The van der Waals surface area contributed by atoms with Gasteiger partial charge in [0.1, 0.15) is 11.9 Å². The van der Waals surface area contributed by atoms with Gasteiger partial charge in [0.15, 0.2) is 0 Å². The minimum absolute atomic E-state index is 0.0853. The zero-order valence-corrected chi connectivity index (χ0v) is 9.93. The van der Waals surface area contributed by atoms with E-state index in [-0.39, 0.29) is 5.56 Å². The van der Waals surface area contributed by atoms with Gasteiger partial charge in [-0.2, -0.15) is 5.26 Å². The molecule has 1 aliphatic heterocycles. The summed E-state index contributed by atoms with van der Waals surface area (Å²) in [4.78, 5) is 2.09. The van der Waals surface area contributed by atoms with Crippen molar-refractivity contribution < 1.29 is 9.60 Å². The minimum atomic E-state index is -0.429. The van der Waals surface area contributed by atoms with E-state index in [1.54, 1.807) is 12.1 Å². The maximum atomic E-state index is 13.9. The summed E-state index contributed by atoms with van der Waals surface area (Å²) in [5.74, 6) is -0.429. The van der Waals surface area contributed by atoms with Gasteiger partial charge in [-0.05, 0) is 6.07 Å². The first-order chi connectivity index (χ1) is 8.74. The Bertz CT molecular complexity index is 497. The number of piperidine rings is 1. The van der Waals surface area contributed by atoms with Crippen molar-refractivity contribution in [2.45, 2.75) is 19.4 Å². The first-order valence-electron chi connectivity index (χ1n) is 5.84. The number of hydrogen-bond donors (Lipinski definition) is 1. The van der Waals surface area contributed by atoms with Crippen LogP contribution in [0.2, 0.25) is 0 Å². The van der Waals surface area contributed by atoms with Crippen LogP contribution < -0.4 is 0 Å². The molecule has 5 heteroatoms. The Kier molecular flexibility index (Phi) is 3.90. The van der Waals surface area contributed by atoms with Gasteiger partial charge in [0.25, 0.3) is 0 Å². The molecule has 1 N–H and O–H groups in total. The summed E-state index contributed by atoms with van der Waals surface area (Å²) < 4.78 is 13.9. The van der Waals surface area contributed by atoms with Crippen molar-refractivity contribution in [2.24, 2.45) is 5.16 Å². The van der Waals surface area contributed by atoms with Gasteiger partial charge in [-0.3, -0.25) is 4.90 Å². The van der Waals surface area contributed by atoms with E-state index in [9.17, 15) is 4.39 Å². The number of rotatable bonds is 2. The lowest BCUT2D eigenvalue weighted by atomic mass is 10.1. The highest BCUT2D eigenvalue weighted by atomic mass is 19.1. The summed E-state index contributed by atoms with van der Waals surface area (Å²) in [6.45, 7) is 1.98. The quantitative estimate of drug-likeness (QED) is 0.643. The molecule has 1 aliphatic rings. The van der Waals surface area contributed by atoms with Crippen LogP contribution in [0.1, 0.15) is 24.0 Å². The average Bonchev–Trinajstić information content (AvgIpc) is 2.42. The van der Waals surface area contributed by atoms with E-state index in [1.165, 1.54) is 6.07 Å². The Labute approximate surface area is 105 Å². The predicted octanol–water partition coefficient (Wildman–Crippen LogP) is 2.12. The van der Waals surface area contributed by atoms with Crippen molar-refractivity contribution in [2.75, 3.05) is 13.1 Å². The number of benzene rings is 1. The van der Waals surface area contributed by atoms with Gasteiger partial charge in [0.2, 0.25) is 0 Å². The molecule has 0 aromatic heterocycles. The summed E-state index contributed by atoms with van der Waals surface area (Å²) in [6, 6.07) is 6.72. The van der Waals surface area contributed by atoms with Gasteiger partial charge in [-0.25, -0.2) is 4.39 Å². The zero-order valence-electron chi connectivity index (χ0n) is 9.93. The summed E-state index contributed by atoms with van der Waals surface area (Å²) >= 11 is 0. The highest BCUT2D eigenvalue weighted by molar-refractivity contribution is 5.84. The van der Waals surface area contributed by atoms with Gasteiger partial charge >= 0.3 is 0 Å². The maximum absolute atomic E-state index is 13.9. The molecule has 0 spiro atoms. The molecule has 0 radical (unpaired) electrons. The number of nitriles is 1. The largest absolute Gasteiger partial charge is 0.411 e. The molecule has 0 atom stereocenters. The van der Waals surface area contributed by atoms with Crippen LogP contribution >= 0.6 is 0 Å². The lowest BCUT2D eigenvalue weighted by molar-refractivity contribution is 0.253. The molecular formula is C13H14FN3O. The Morgan fingerprint density at radius 1 is 1.39 bits per heavy atom. The lowest BCUT2D eigenvalue weighted by Gasteiger charge is -2.27. The van der Waals surface area contributed by atoms with Crippen molar-refractivity contribution in [3.8, 4) is 6.07 Å². The molecule has 1 fully saturated rings. The third-order valence-electron chi connectivity index (χ3n) is 3.17. The van der Waals surface area contributed by atoms with E-state index in [4.69, 9.17) is 10.5 Å². The minimum Gasteiger partial charge on any atom is -0.411 e. The van der Waals surface area contributed by atoms with Gasteiger partial charge in [-0.1, -0.05) is 17.3 Å². The third kappa shape index (κ3) is 2.66. The molecule has 0 unspecified atom stereocenters. The smallest absolute Gasteiger partial charge is 0.145 e. The number of nitrogens with zero attached hydrogens (tertiary/aromatic N) is 3. The topological polar surface area (TPSA) is 59.6 Å². The van der Waals surface area contributed by atoms with Crippen LogP contribution in [0, 0.1) is 17.1 Å². The predicted molar refractivity (Wildman–Crippen MR) is 64.8 cm³/mol. The van der Waals surface area contributed by atoms with Crippen LogP contribution in [0.15, 0.2) is 23.4 Å². The van der Waals surface area contributed by atoms with E-state index >= 15 is 0 Å². The summed E-state index contributed by atoms with van der Waals surface area (Å²) in [5, 5.41) is 20.6. The summed E-state index contributed by atoms with van der Waals surface area (Å²) in [6.07, 6.45) is 1.41. The van der Waals surface area contributed by atoms with Crippen LogP contribution in [-0.2, 0) is 6.54 Å². The van der Waals surface area contributed by atoms with Gasteiger partial charge < -0.3 is 5.21 Å². The van der Waals surface area contributed by atoms with E-state index in [2.05, 4.69) is 10.1 Å². The summed E-state index contributed by atoms with van der Waals surface area (Å²) in [7, 11) is 0. The van der Waals surface area contributed by atoms with Crippen molar-refractivity contribution in [3.05, 3.63) is 35.1 Å². The molecule has 0 saturated carbocycles. The molecule has 2 rings (SSSR count). The fourth-order valence-corrected chi connectivity index (χ4v) is 2.10. The van der Waals surface area contributed by atoms with Gasteiger partial charge in [0, 0.05) is 38.0 Å². The van der Waals surface area contributed by atoms with Crippen molar-refractivity contribution in [1.82, 2.24) is 4.90 Å². The SMILES string of the molecule is N#Cc1cccc(CN2CCC(=NO)CC2)c1F. The molecule has 1 heterocycles. The fourth-order valence-electron chi connectivity index (χ4n) is 2.10. The first-order valence-corrected chi connectivity index (χ1v) is 5.84. The number of hydrogen-bond acceptors (Lipinski definition) is 4. The van der Waals surface area contributed by atoms with Crippen molar-refractivity contribution >= 4 is 5.71 Å². The second-order valence-electron chi connectivity index (χ2n) is 4.33. The van der Waals surface area contributed by atoms with E-state index in [0.29, 0.717) is 24.9 Å². The molecular weight excluding hydrogens is 233 g/mol. The summed E-state index contributed by atoms with van der Waals surface area (Å²) in [5.41, 5.74) is 1.41. The number of oxime groups is 1. The molecule has 18 heavy (non-hydrogen) atoms. The lowest BCUT2D eigenvalue weighted by Crippen LogP contribution is -2.33. The van der Waals surface area contributed by atoms with Gasteiger partial charge in [0.05, 0.1) is 11.3 Å². The van der Waals surface area contributed by atoms with E-state index in [0.717, 1.165) is 18.8 Å². The zero-order chi connectivity index (χ0) is 13.0. The molecule has 1 aromatic carbocycles. The average molecular weight is 247 g/mol. The Hall–Kier alpha value is -1.93. The molecule has 4 nitrogen and oxygen atoms in total. The van der Waals surface area contributed by atoms with E-state index in [1.807, 2.05) is 6.07 Å². The maximum Gasteiger partial charge on any atom is 0.145 e. The first kappa shape index (κ1) is 12.5. The van der Waals surface area contributed by atoms with Crippen LogP contribution in [0.4, 0.5) is 4.39 Å². The Morgan fingerprint density at radius 3 is 2.72 bits per heavy atom. The van der Waals surface area contributed by atoms with Crippen molar-refractivity contribution in [1.29, 1.82) is 5.26 Å². The standard InChI is InChI=1S/C13H14FN3O/c14-13-10(8-15)2-1-3-11(13)9-17-6-4-12(16-18)5-7-17/h1-3,18H,4-7,9H2.